The highest BCUT2D eigenvalue weighted by molar-refractivity contribution is 8.02. The first-order chi connectivity index (χ1) is 5.92. The van der Waals surface area contributed by atoms with E-state index in [2.05, 4.69) is 11.9 Å². The molecule has 1 atom stereocenters. The van der Waals surface area contributed by atoms with Gasteiger partial charge in [-0.15, -0.1) is 11.8 Å². The van der Waals surface area contributed by atoms with Crippen molar-refractivity contribution in [2.75, 3.05) is 20.1 Å². The van der Waals surface area contributed by atoms with E-state index in [-0.39, 0.29) is 0 Å². The number of hydrogen-bond donors (Lipinski definition) is 1. The van der Waals surface area contributed by atoms with Crippen LogP contribution in [0.2, 0.25) is 0 Å². The Hall–Kier alpha value is -0.220. The maximum absolute atomic E-state index is 10.9. The molecule has 1 unspecified atom stereocenters. The molecule has 4 heteroatoms. The molecule has 1 N–H and O–H groups in total. The van der Waals surface area contributed by atoms with E-state index in [0.717, 1.165) is 19.5 Å². The standard InChI is InChI=1S/C9H17NO2S/c1-9(2,8(11)12)13-7-4-5-10(3)6-7/h7H,4-6H2,1-3H3,(H,11,12). The van der Waals surface area contributed by atoms with E-state index in [1.807, 2.05) is 0 Å². The first kappa shape index (κ1) is 10.9. The zero-order valence-corrected chi connectivity index (χ0v) is 9.23. The normalized spacial score (nSPS) is 25.0. The van der Waals surface area contributed by atoms with Crippen LogP contribution in [0.15, 0.2) is 0 Å². The van der Waals surface area contributed by atoms with Crippen molar-refractivity contribution in [3.8, 4) is 0 Å². The Balaban J connectivity index is 2.44. The predicted molar refractivity (Wildman–Crippen MR) is 55.2 cm³/mol. The van der Waals surface area contributed by atoms with Crippen LogP contribution >= 0.6 is 11.8 Å². The quantitative estimate of drug-likeness (QED) is 0.750. The second kappa shape index (κ2) is 3.88. The zero-order chi connectivity index (χ0) is 10.1. The first-order valence-corrected chi connectivity index (χ1v) is 5.39. The molecule has 0 amide bonds. The van der Waals surface area contributed by atoms with Crippen LogP contribution in [0.1, 0.15) is 20.3 Å². The molecule has 0 aromatic heterocycles. The van der Waals surface area contributed by atoms with Gasteiger partial charge in [0.15, 0.2) is 0 Å². The summed E-state index contributed by atoms with van der Waals surface area (Å²) in [5.41, 5.74) is 0. The number of aliphatic carboxylic acids is 1. The van der Waals surface area contributed by atoms with Crippen molar-refractivity contribution in [1.29, 1.82) is 0 Å². The van der Waals surface area contributed by atoms with E-state index in [1.165, 1.54) is 0 Å². The number of nitrogens with zero attached hydrogens (tertiary/aromatic N) is 1. The molecule has 1 aliphatic rings. The molecule has 1 heterocycles. The Bertz CT molecular complexity index is 206. The second-order valence-corrected chi connectivity index (χ2v) is 6.03. The Morgan fingerprint density at radius 2 is 2.23 bits per heavy atom. The molecule has 3 nitrogen and oxygen atoms in total. The topological polar surface area (TPSA) is 40.5 Å². The van der Waals surface area contributed by atoms with E-state index in [4.69, 9.17) is 5.11 Å². The fourth-order valence-electron chi connectivity index (χ4n) is 1.46. The van der Waals surface area contributed by atoms with Gasteiger partial charge in [-0.25, -0.2) is 0 Å². The Morgan fingerprint density at radius 3 is 2.62 bits per heavy atom. The maximum Gasteiger partial charge on any atom is 0.319 e. The summed E-state index contributed by atoms with van der Waals surface area (Å²) in [7, 11) is 2.08. The SMILES string of the molecule is CN1CCC(SC(C)(C)C(=O)O)C1. The molecule has 0 aromatic rings. The van der Waals surface area contributed by atoms with Gasteiger partial charge < -0.3 is 10.0 Å². The highest BCUT2D eigenvalue weighted by Crippen LogP contribution is 2.33. The Kier molecular flexibility index (Phi) is 3.24. The summed E-state index contributed by atoms with van der Waals surface area (Å²) in [6.45, 7) is 5.66. The fourth-order valence-corrected chi connectivity index (χ4v) is 2.94. The highest BCUT2D eigenvalue weighted by atomic mass is 32.2. The van der Waals surface area contributed by atoms with Gasteiger partial charge in [-0.3, -0.25) is 4.79 Å². The van der Waals surface area contributed by atoms with Gasteiger partial charge in [-0.05, 0) is 33.9 Å². The summed E-state index contributed by atoms with van der Waals surface area (Å²) in [6, 6.07) is 0. The molecule has 76 valence electrons. The molecule has 1 aliphatic heterocycles. The van der Waals surface area contributed by atoms with Gasteiger partial charge in [0.2, 0.25) is 0 Å². The summed E-state index contributed by atoms with van der Waals surface area (Å²) in [5.74, 6) is -0.716. The van der Waals surface area contributed by atoms with E-state index in [1.54, 1.807) is 25.6 Å². The third-order valence-electron chi connectivity index (χ3n) is 2.32. The molecule has 0 aliphatic carbocycles. The van der Waals surface area contributed by atoms with Gasteiger partial charge in [0.25, 0.3) is 0 Å². The Labute approximate surface area is 83.5 Å². The lowest BCUT2D eigenvalue weighted by molar-refractivity contribution is -0.138. The predicted octanol–water partition coefficient (Wildman–Crippen LogP) is 1.29. The molecule has 1 rings (SSSR count). The van der Waals surface area contributed by atoms with Crippen LogP contribution in [0.3, 0.4) is 0 Å². The van der Waals surface area contributed by atoms with Crippen molar-refractivity contribution in [3.05, 3.63) is 0 Å². The largest absolute Gasteiger partial charge is 0.480 e. The number of carboxylic acid groups (broad SMARTS) is 1. The summed E-state index contributed by atoms with van der Waals surface area (Å²) in [5, 5.41) is 9.42. The number of thioether (sulfide) groups is 1. The molecular weight excluding hydrogens is 186 g/mol. The van der Waals surface area contributed by atoms with E-state index in [0.29, 0.717) is 5.25 Å². The van der Waals surface area contributed by atoms with Crippen LogP contribution in [-0.4, -0.2) is 46.1 Å². The average Bonchev–Trinajstić information content (AvgIpc) is 2.34. The van der Waals surface area contributed by atoms with Crippen molar-refractivity contribution in [3.63, 3.8) is 0 Å². The van der Waals surface area contributed by atoms with Crippen molar-refractivity contribution in [1.82, 2.24) is 4.90 Å². The van der Waals surface area contributed by atoms with Crippen molar-refractivity contribution >= 4 is 17.7 Å². The molecule has 0 spiro atoms. The average molecular weight is 203 g/mol. The van der Waals surface area contributed by atoms with Crippen molar-refractivity contribution in [2.45, 2.75) is 30.3 Å². The number of rotatable bonds is 3. The van der Waals surface area contributed by atoms with Crippen LogP contribution in [0, 0.1) is 0 Å². The van der Waals surface area contributed by atoms with Gasteiger partial charge in [-0.2, -0.15) is 0 Å². The van der Waals surface area contributed by atoms with Gasteiger partial charge in [0.1, 0.15) is 4.75 Å². The molecule has 0 radical (unpaired) electrons. The van der Waals surface area contributed by atoms with Gasteiger partial charge in [0.05, 0.1) is 0 Å². The summed E-state index contributed by atoms with van der Waals surface area (Å²) < 4.78 is -0.643. The molecule has 1 fully saturated rings. The smallest absolute Gasteiger partial charge is 0.319 e. The Morgan fingerprint density at radius 1 is 1.62 bits per heavy atom. The van der Waals surface area contributed by atoms with Crippen molar-refractivity contribution in [2.24, 2.45) is 0 Å². The van der Waals surface area contributed by atoms with E-state index in [9.17, 15) is 4.79 Å². The lowest BCUT2D eigenvalue weighted by Crippen LogP contribution is -2.30. The molecular formula is C9H17NO2S. The zero-order valence-electron chi connectivity index (χ0n) is 8.41. The van der Waals surface area contributed by atoms with Crippen LogP contribution in [0.4, 0.5) is 0 Å². The summed E-state index contributed by atoms with van der Waals surface area (Å²) >= 11 is 1.58. The van der Waals surface area contributed by atoms with Gasteiger partial charge in [0, 0.05) is 11.8 Å². The minimum atomic E-state index is -0.716. The molecule has 0 saturated carbocycles. The summed E-state index contributed by atoms with van der Waals surface area (Å²) in [4.78, 5) is 13.1. The van der Waals surface area contributed by atoms with E-state index >= 15 is 0 Å². The van der Waals surface area contributed by atoms with Gasteiger partial charge in [-0.1, -0.05) is 0 Å². The minimum Gasteiger partial charge on any atom is -0.480 e. The van der Waals surface area contributed by atoms with Gasteiger partial charge >= 0.3 is 5.97 Å². The number of carboxylic acids is 1. The fraction of sp³-hybridized carbons (Fsp3) is 0.889. The third kappa shape index (κ3) is 2.88. The van der Waals surface area contributed by atoms with Crippen molar-refractivity contribution < 1.29 is 9.90 Å². The minimum absolute atomic E-state index is 0.482. The third-order valence-corrected chi connectivity index (χ3v) is 3.81. The van der Waals surface area contributed by atoms with E-state index < -0.39 is 10.7 Å². The number of hydrogen-bond acceptors (Lipinski definition) is 3. The van der Waals surface area contributed by atoms with Crippen LogP contribution in [0.5, 0.6) is 0 Å². The summed E-state index contributed by atoms with van der Waals surface area (Å²) in [6.07, 6.45) is 1.11. The first-order valence-electron chi connectivity index (χ1n) is 4.51. The second-order valence-electron chi connectivity index (χ2n) is 4.11. The lowest BCUT2D eigenvalue weighted by atomic mass is 10.2. The monoisotopic (exact) mass is 203 g/mol. The van der Waals surface area contributed by atoms with Crippen LogP contribution in [-0.2, 0) is 4.79 Å². The molecule has 1 saturated heterocycles. The molecule has 0 bridgehead atoms. The molecule has 0 aromatic carbocycles. The highest BCUT2D eigenvalue weighted by Gasteiger charge is 2.33. The van der Waals surface area contributed by atoms with Crippen LogP contribution < -0.4 is 0 Å². The maximum atomic E-state index is 10.9. The number of likely N-dealkylation sites (tertiary alicyclic amines) is 1. The number of carbonyl (C=O) groups is 1. The van der Waals surface area contributed by atoms with Crippen LogP contribution in [0.25, 0.3) is 0 Å². The molecule has 13 heavy (non-hydrogen) atoms. The lowest BCUT2D eigenvalue weighted by Gasteiger charge is -2.22.